The van der Waals surface area contributed by atoms with Gasteiger partial charge in [0.05, 0.1) is 0 Å². The molecule has 0 radical (unpaired) electrons. The smallest absolute Gasteiger partial charge is 0.244 e. The molecule has 0 bridgehead atoms. The van der Waals surface area contributed by atoms with E-state index < -0.39 is 6.04 Å². The van der Waals surface area contributed by atoms with Gasteiger partial charge in [-0.3, -0.25) is 9.69 Å². The lowest BCUT2D eigenvalue weighted by Gasteiger charge is -2.42. The summed E-state index contributed by atoms with van der Waals surface area (Å²) in [5, 5.41) is 0. The molecule has 2 aliphatic rings. The molecule has 126 valence electrons. The van der Waals surface area contributed by atoms with E-state index in [1.165, 1.54) is 25.7 Å². The fraction of sp³-hybridized carbons (Fsp3) is 0.632. The van der Waals surface area contributed by atoms with Gasteiger partial charge in [0.15, 0.2) is 0 Å². The van der Waals surface area contributed by atoms with E-state index in [1.54, 1.807) is 0 Å². The normalized spacial score (nSPS) is 27.7. The number of nitrogens with two attached hydrogens (primary N) is 1. The van der Waals surface area contributed by atoms with Crippen molar-refractivity contribution in [1.29, 1.82) is 0 Å². The average molecular weight is 315 g/mol. The maximum atomic E-state index is 12.6. The Balaban J connectivity index is 1.51. The fourth-order valence-electron chi connectivity index (χ4n) is 3.91. The second kappa shape index (κ2) is 7.45. The summed E-state index contributed by atoms with van der Waals surface area (Å²) in [6.07, 6.45) is 5.34. The number of carbonyl (C=O) groups excluding carboxylic acids is 1. The molecule has 0 aromatic heterocycles. The number of hydrogen-bond acceptors (Lipinski definition) is 3. The molecular formula is C19H29N3O. The molecule has 1 saturated heterocycles. The molecule has 1 atom stereocenters. The van der Waals surface area contributed by atoms with Gasteiger partial charge < -0.3 is 10.6 Å². The number of carbonyl (C=O) groups is 1. The molecule has 4 heteroatoms. The van der Waals surface area contributed by atoms with Crippen LogP contribution in [-0.4, -0.2) is 47.9 Å². The topological polar surface area (TPSA) is 49.6 Å². The lowest BCUT2D eigenvalue weighted by molar-refractivity contribution is -0.135. The Hall–Kier alpha value is -1.39. The summed E-state index contributed by atoms with van der Waals surface area (Å²) in [4.78, 5) is 17.1. The van der Waals surface area contributed by atoms with Crippen LogP contribution in [-0.2, 0) is 4.79 Å². The number of amides is 1. The van der Waals surface area contributed by atoms with Crippen LogP contribution >= 0.6 is 0 Å². The van der Waals surface area contributed by atoms with Crippen LogP contribution in [0.2, 0.25) is 0 Å². The third-order valence-corrected chi connectivity index (χ3v) is 5.55. The van der Waals surface area contributed by atoms with Crippen molar-refractivity contribution in [2.45, 2.75) is 44.7 Å². The first-order valence-electron chi connectivity index (χ1n) is 8.98. The van der Waals surface area contributed by atoms with Crippen molar-refractivity contribution in [3.8, 4) is 0 Å². The Morgan fingerprint density at radius 1 is 1.04 bits per heavy atom. The van der Waals surface area contributed by atoms with Crippen molar-refractivity contribution >= 4 is 5.91 Å². The first-order valence-corrected chi connectivity index (χ1v) is 8.98. The molecule has 1 aliphatic carbocycles. The lowest BCUT2D eigenvalue weighted by Crippen LogP contribution is -2.54. The molecule has 1 saturated carbocycles. The second-order valence-corrected chi connectivity index (χ2v) is 7.16. The van der Waals surface area contributed by atoms with Crippen molar-refractivity contribution in [2.24, 2.45) is 11.7 Å². The number of piperazine rings is 1. The summed E-state index contributed by atoms with van der Waals surface area (Å²) in [7, 11) is 0. The number of hydrogen-bond donors (Lipinski definition) is 1. The molecule has 1 amide bonds. The average Bonchev–Trinajstić information content (AvgIpc) is 2.62. The van der Waals surface area contributed by atoms with Crippen molar-refractivity contribution < 1.29 is 4.79 Å². The maximum absolute atomic E-state index is 12.6. The lowest BCUT2D eigenvalue weighted by atomic mass is 9.86. The van der Waals surface area contributed by atoms with Crippen molar-refractivity contribution in [2.75, 3.05) is 26.2 Å². The van der Waals surface area contributed by atoms with Gasteiger partial charge in [0.2, 0.25) is 5.91 Å². The molecule has 0 spiro atoms. The molecule has 3 rings (SSSR count). The second-order valence-electron chi connectivity index (χ2n) is 7.16. The molecule has 2 N–H and O–H groups in total. The molecule has 2 fully saturated rings. The zero-order valence-corrected chi connectivity index (χ0v) is 14.2. The Morgan fingerprint density at radius 2 is 1.65 bits per heavy atom. The Bertz CT molecular complexity index is 503. The zero-order chi connectivity index (χ0) is 16.2. The largest absolute Gasteiger partial charge is 0.338 e. The fourth-order valence-corrected chi connectivity index (χ4v) is 3.91. The molecule has 1 aromatic rings. The van der Waals surface area contributed by atoms with E-state index >= 15 is 0 Å². The maximum Gasteiger partial charge on any atom is 0.244 e. The highest BCUT2D eigenvalue weighted by molar-refractivity contribution is 5.83. The first-order chi connectivity index (χ1) is 11.1. The Labute approximate surface area is 139 Å². The molecular weight excluding hydrogens is 286 g/mol. The van der Waals surface area contributed by atoms with E-state index in [-0.39, 0.29) is 5.91 Å². The minimum Gasteiger partial charge on any atom is -0.338 e. The van der Waals surface area contributed by atoms with Gasteiger partial charge in [-0.05, 0) is 37.2 Å². The van der Waals surface area contributed by atoms with Gasteiger partial charge in [-0.2, -0.15) is 0 Å². The van der Waals surface area contributed by atoms with E-state index in [0.717, 1.165) is 43.7 Å². The van der Waals surface area contributed by atoms with E-state index in [4.69, 9.17) is 5.73 Å². The molecule has 23 heavy (non-hydrogen) atoms. The summed E-state index contributed by atoms with van der Waals surface area (Å²) in [6, 6.07) is 9.88. The highest BCUT2D eigenvalue weighted by atomic mass is 16.2. The van der Waals surface area contributed by atoms with Crippen LogP contribution in [0.1, 0.15) is 44.2 Å². The predicted octanol–water partition coefficient (Wildman–Crippen LogP) is 2.41. The van der Waals surface area contributed by atoms with Crippen LogP contribution in [0.4, 0.5) is 0 Å². The van der Waals surface area contributed by atoms with Crippen molar-refractivity contribution in [3.05, 3.63) is 35.9 Å². The van der Waals surface area contributed by atoms with Gasteiger partial charge >= 0.3 is 0 Å². The third kappa shape index (κ3) is 3.93. The van der Waals surface area contributed by atoms with Gasteiger partial charge in [-0.15, -0.1) is 0 Å². The van der Waals surface area contributed by atoms with E-state index in [9.17, 15) is 4.79 Å². The first kappa shape index (κ1) is 16.5. The van der Waals surface area contributed by atoms with Crippen LogP contribution in [0.3, 0.4) is 0 Å². The Morgan fingerprint density at radius 3 is 2.26 bits per heavy atom. The van der Waals surface area contributed by atoms with E-state index in [0.29, 0.717) is 0 Å². The van der Waals surface area contributed by atoms with Gasteiger partial charge in [-0.25, -0.2) is 0 Å². The summed E-state index contributed by atoms with van der Waals surface area (Å²) in [6.45, 7) is 5.97. The van der Waals surface area contributed by atoms with Crippen LogP contribution in [0.25, 0.3) is 0 Å². The third-order valence-electron chi connectivity index (χ3n) is 5.55. The standard InChI is InChI=1S/C19H29N3O/c1-15-7-9-17(10-8-15)21-11-13-22(14-12-21)19(23)18(20)16-5-3-2-4-6-16/h2-6,15,17-18H,7-14,20H2,1H3. The minimum absolute atomic E-state index is 0.0631. The van der Waals surface area contributed by atoms with Gasteiger partial charge in [0.1, 0.15) is 6.04 Å². The minimum atomic E-state index is -0.529. The molecule has 1 aliphatic heterocycles. The van der Waals surface area contributed by atoms with Gasteiger partial charge in [0.25, 0.3) is 0 Å². The van der Waals surface area contributed by atoms with Crippen LogP contribution in [0, 0.1) is 5.92 Å². The van der Waals surface area contributed by atoms with Crippen molar-refractivity contribution in [3.63, 3.8) is 0 Å². The zero-order valence-electron chi connectivity index (χ0n) is 14.2. The van der Waals surface area contributed by atoms with Gasteiger partial charge in [0, 0.05) is 32.2 Å². The van der Waals surface area contributed by atoms with Gasteiger partial charge in [-0.1, -0.05) is 37.3 Å². The van der Waals surface area contributed by atoms with Crippen LogP contribution < -0.4 is 5.73 Å². The summed E-state index contributed by atoms with van der Waals surface area (Å²) >= 11 is 0. The summed E-state index contributed by atoms with van der Waals surface area (Å²) in [5.41, 5.74) is 7.06. The van der Waals surface area contributed by atoms with Crippen LogP contribution in [0.15, 0.2) is 30.3 Å². The summed E-state index contributed by atoms with van der Waals surface area (Å²) in [5.74, 6) is 0.950. The number of benzene rings is 1. The highest BCUT2D eigenvalue weighted by Crippen LogP contribution is 2.28. The SMILES string of the molecule is CC1CCC(N2CCN(C(=O)C(N)c3ccccc3)CC2)CC1. The van der Waals surface area contributed by atoms with Crippen LogP contribution in [0.5, 0.6) is 0 Å². The van der Waals surface area contributed by atoms with E-state index in [2.05, 4.69) is 11.8 Å². The number of rotatable bonds is 3. The predicted molar refractivity (Wildman–Crippen MR) is 92.9 cm³/mol. The molecule has 1 aromatic carbocycles. The summed E-state index contributed by atoms with van der Waals surface area (Å²) < 4.78 is 0. The highest BCUT2D eigenvalue weighted by Gasteiger charge is 2.30. The molecule has 4 nitrogen and oxygen atoms in total. The van der Waals surface area contributed by atoms with E-state index in [1.807, 2.05) is 35.2 Å². The van der Waals surface area contributed by atoms with Crippen molar-refractivity contribution in [1.82, 2.24) is 9.80 Å². The number of nitrogens with zero attached hydrogens (tertiary/aromatic N) is 2. The quantitative estimate of drug-likeness (QED) is 0.932. The molecule has 1 unspecified atom stereocenters. The Kier molecular flexibility index (Phi) is 5.34. The monoisotopic (exact) mass is 315 g/mol. The molecule has 1 heterocycles.